The highest BCUT2D eigenvalue weighted by Crippen LogP contribution is 2.02. The molecule has 1 rings (SSSR count). The van der Waals surface area contributed by atoms with Crippen LogP contribution in [0.2, 0.25) is 0 Å². The van der Waals surface area contributed by atoms with Crippen molar-refractivity contribution in [3.8, 4) is 0 Å². The average Bonchev–Trinajstić information content (AvgIpc) is 2.88. The second-order valence-corrected chi connectivity index (χ2v) is 4.39. The van der Waals surface area contributed by atoms with E-state index in [4.69, 9.17) is 10.8 Å². The second-order valence-electron chi connectivity index (χ2n) is 4.39. The fourth-order valence-corrected chi connectivity index (χ4v) is 1.59. The molecular weight excluding hydrogens is 264 g/mol. The van der Waals surface area contributed by atoms with Crippen molar-refractivity contribution in [1.82, 2.24) is 15.3 Å². The molecule has 1 aromatic heterocycles. The molecule has 0 aromatic carbocycles. The zero-order chi connectivity index (χ0) is 15.0. The molecule has 0 spiro atoms. The highest BCUT2D eigenvalue weighted by atomic mass is 16.4. The van der Waals surface area contributed by atoms with Crippen LogP contribution in [0, 0.1) is 0 Å². The molecule has 0 aliphatic heterocycles. The molecule has 0 radical (unpaired) electrons. The lowest BCUT2D eigenvalue weighted by molar-refractivity contribution is -0.136. The van der Waals surface area contributed by atoms with Gasteiger partial charge in [0, 0.05) is 31.2 Å². The first-order valence-electron chi connectivity index (χ1n) is 6.18. The third-order valence-corrected chi connectivity index (χ3v) is 2.66. The Balaban J connectivity index is 2.21. The maximum atomic E-state index is 11.7. The van der Waals surface area contributed by atoms with E-state index in [9.17, 15) is 14.4 Å². The summed E-state index contributed by atoms with van der Waals surface area (Å²) in [4.78, 5) is 40.0. The standard InChI is InChI=1S/C12H18N4O4/c13-10(3-8-4-15-7-16-8)11(18)2-1-9(17)5-14-6-12(19)20/h4,7,10,14H,1-3,5-6,13H2,(H,15,16)(H,19,20)/t10-/m0/s1. The maximum absolute atomic E-state index is 11.7. The summed E-state index contributed by atoms with van der Waals surface area (Å²) in [6.45, 7) is -0.339. The number of carbonyl (C=O) groups is 3. The molecule has 0 unspecified atom stereocenters. The molecule has 8 nitrogen and oxygen atoms in total. The van der Waals surface area contributed by atoms with Gasteiger partial charge in [-0.15, -0.1) is 0 Å². The zero-order valence-electron chi connectivity index (χ0n) is 11.0. The van der Waals surface area contributed by atoms with Crippen LogP contribution in [-0.4, -0.2) is 51.7 Å². The molecular formula is C12H18N4O4. The van der Waals surface area contributed by atoms with Gasteiger partial charge in [-0.3, -0.25) is 14.4 Å². The summed E-state index contributed by atoms with van der Waals surface area (Å²) in [6, 6.07) is -0.671. The van der Waals surface area contributed by atoms with Crippen LogP contribution in [0.25, 0.3) is 0 Å². The fraction of sp³-hybridized carbons (Fsp3) is 0.500. The van der Waals surface area contributed by atoms with Crippen molar-refractivity contribution < 1.29 is 19.5 Å². The summed E-state index contributed by atoms with van der Waals surface area (Å²) in [6.07, 6.45) is 3.56. The van der Waals surface area contributed by atoms with Crippen LogP contribution in [0.4, 0.5) is 0 Å². The monoisotopic (exact) mass is 282 g/mol. The average molecular weight is 282 g/mol. The van der Waals surface area contributed by atoms with Crippen LogP contribution in [0.1, 0.15) is 18.5 Å². The lowest BCUT2D eigenvalue weighted by Crippen LogP contribution is -2.34. The number of aromatic nitrogens is 2. The number of carboxylic acids is 1. The molecule has 8 heteroatoms. The van der Waals surface area contributed by atoms with Gasteiger partial charge in [-0.1, -0.05) is 0 Å². The van der Waals surface area contributed by atoms with Gasteiger partial charge in [0.05, 0.1) is 25.5 Å². The maximum Gasteiger partial charge on any atom is 0.317 e. The van der Waals surface area contributed by atoms with E-state index in [1.54, 1.807) is 6.20 Å². The first-order valence-corrected chi connectivity index (χ1v) is 6.18. The summed E-state index contributed by atoms with van der Waals surface area (Å²) in [7, 11) is 0. The summed E-state index contributed by atoms with van der Waals surface area (Å²) in [5.41, 5.74) is 6.50. The number of nitrogens with zero attached hydrogens (tertiary/aromatic N) is 1. The van der Waals surface area contributed by atoms with Crippen LogP contribution < -0.4 is 11.1 Å². The first-order chi connectivity index (χ1) is 9.49. The number of imidazole rings is 1. The fourth-order valence-electron chi connectivity index (χ4n) is 1.59. The molecule has 1 atom stereocenters. The number of aliphatic carboxylic acids is 1. The molecule has 0 bridgehead atoms. The normalized spacial score (nSPS) is 12.1. The zero-order valence-corrected chi connectivity index (χ0v) is 11.0. The van der Waals surface area contributed by atoms with Crippen molar-refractivity contribution in [2.75, 3.05) is 13.1 Å². The molecule has 20 heavy (non-hydrogen) atoms. The summed E-state index contributed by atoms with van der Waals surface area (Å²) in [5, 5.41) is 10.9. The molecule has 110 valence electrons. The van der Waals surface area contributed by atoms with Gasteiger partial charge < -0.3 is 21.1 Å². The second kappa shape index (κ2) is 8.18. The largest absolute Gasteiger partial charge is 0.480 e. The van der Waals surface area contributed by atoms with Crippen LogP contribution >= 0.6 is 0 Å². The number of rotatable bonds is 10. The number of ketones is 2. The first kappa shape index (κ1) is 16.0. The van der Waals surface area contributed by atoms with Gasteiger partial charge in [0.15, 0.2) is 0 Å². The van der Waals surface area contributed by atoms with Gasteiger partial charge in [0.1, 0.15) is 11.6 Å². The third kappa shape index (κ3) is 6.21. The van der Waals surface area contributed by atoms with E-state index in [1.807, 2.05) is 0 Å². The lowest BCUT2D eigenvalue weighted by atomic mass is 10.0. The molecule has 0 saturated heterocycles. The van der Waals surface area contributed by atoms with Gasteiger partial charge in [0.25, 0.3) is 0 Å². The van der Waals surface area contributed by atoms with Gasteiger partial charge in [-0.05, 0) is 0 Å². The van der Waals surface area contributed by atoms with Crippen molar-refractivity contribution in [2.45, 2.75) is 25.3 Å². The van der Waals surface area contributed by atoms with Gasteiger partial charge >= 0.3 is 5.97 Å². The van der Waals surface area contributed by atoms with Crippen molar-refractivity contribution in [3.63, 3.8) is 0 Å². The number of aromatic amines is 1. The Morgan fingerprint density at radius 3 is 2.70 bits per heavy atom. The predicted molar refractivity (Wildman–Crippen MR) is 70.0 cm³/mol. The molecule has 0 fully saturated rings. The number of H-pyrrole nitrogens is 1. The highest BCUT2D eigenvalue weighted by molar-refractivity contribution is 5.89. The van der Waals surface area contributed by atoms with E-state index in [2.05, 4.69) is 15.3 Å². The van der Waals surface area contributed by atoms with E-state index in [0.717, 1.165) is 5.69 Å². The minimum Gasteiger partial charge on any atom is -0.480 e. The van der Waals surface area contributed by atoms with Crippen LogP contribution in [-0.2, 0) is 20.8 Å². The molecule has 0 amide bonds. The molecule has 1 heterocycles. The molecule has 1 aromatic rings. The predicted octanol–water partition coefficient (Wildman–Crippen LogP) is -1.13. The summed E-state index contributed by atoms with van der Waals surface area (Å²) in [5.74, 6) is -1.45. The summed E-state index contributed by atoms with van der Waals surface area (Å²) < 4.78 is 0. The Morgan fingerprint density at radius 2 is 2.10 bits per heavy atom. The number of carboxylic acid groups (broad SMARTS) is 1. The van der Waals surface area contributed by atoms with Crippen LogP contribution in [0.3, 0.4) is 0 Å². The number of hydrogen-bond acceptors (Lipinski definition) is 6. The Hall–Kier alpha value is -2.06. The quantitative estimate of drug-likeness (QED) is 0.426. The minimum absolute atomic E-state index is 0.0577. The Morgan fingerprint density at radius 1 is 1.35 bits per heavy atom. The van der Waals surface area contributed by atoms with E-state index in [-0.39, 0.29) is 37.5 Å². The van der Waals surface area contributed by atoms with Crippen molar-refractivity contribution in [1.29, 1.82) is 0 Å². The summed E-state index contributed by atoms with van der Waals surface area (Å²) >= 11 is 0. The van der Waals surface area contributed by atoms with Crippen molar-refractivity contribution in [3.05, 3.63) is 18.2 Å². The minimum atomic E-state index is -1.03. The lowest BCUT2D eigenvalue weighted by Gasteiger charge is -2.09. The number of Topliss-reactive ketones (excluding diaryl/α,β-unsaturated/α-hetero) is 2. The number of hydrogen-bond donors (Lipinski definition) is 4. The molecule has 0 aliphatic rings. The Bertz CT molecular complexity index is 458. The smallest absolute Gasteiger partial charge is 0.317 e. The molecule has 0 aliphatic carbocycles. The van der Waals surface area contributed by atoms with Crippen LogP contribution in [0.15, 0.2) is 12.5 Å². The number of nitrogens with two attached hydrogens (primary N) is 1. The van der Waals surface area contributed by atoms with E-state index >= 15 is 0 Å². The highest BCUT2D eigenvalue weighted by Gasteiger charge is 2.16. The van der Waals surface area contributed by atoms with Crippen LogP contribution in [0.5, 0.6) is 0 Å². The van der Waals surface area contributed by atoms with Gasteiger partial charge in [-0.2, -0.15) is 0 Å². The van der Waals surface area contributed by atoms with E-state index in [0.29, 0.717) is 6.42 Å². The topological polar surface area (TPSA) is 138 Å². The van der Waals surface area contributed by atoms with E-state index in [1.165, 1.54) is 6.33 Å². The third-order valence-electron chi connectivity index (χ3n) is 2.66. The van der Waals surface area contributed by atoms with Crippen molar-refractivity contribution >= 4 is 17.5 Å². The molecule has 5 N–H and O–H groups in total. The number of nitrogens with one attached hydrogen (secondary N) is 2. The molecule has 0 saturated carbocycles. The number of carbonyl (C=O) groups excluding carboxylic acids is 2. The van der Waals surface area contributed by atoms with E-state index < -0.39 is 12.0 Å². The van der Waals surface area contributed by atoms with Crippen molar-refractivity contribution in [2.24, 2.45) is 5.73 Å². The SMILES string of the molecule is N[C@@H](Cc1cnc[nH]1)C(=O)CCC(=O)CNCC(=O)O. The Kier molecular flexibility index (Phi) is 6.54. The van der Waals surface area contributed by atoms with Gasteiger partial charge in [-0.25, -0.2) is 4.98 Å². The Labute approximate surface area is 115 Å². The van der Waals surface area contributed by atoms with Gasteiger partial charge in [0.2, 0.25) is 0 Å².